The van der Waals surface area contributed by atoms with Gasteiger partial charge in [-0.1, -0.05) is 6.92 Å². The van der Waals surface area contributed by atoms with Crippen LogP contribution >= 0.6 is 0 Å². The van der Waals surface area contributed by atoms with E-state index in [2.05, 4.69) is 32.7 Å². The minimum atomic E-state index is 0.537. The highest BCUT2D eigenvalue weighted by Crippen LogP contribution is 2.37. The summed E-state index contributed by atoms with van der Waals surface area (Å²) in [6, 6.07) is 0.750. The van der Waals surface area contributed by atoms with Crippen molar-refractivity contribution in [3.05, 3.63) is 0 Å². The van der Waals surface area contributed by atoms with Gasteiger partial charge in [0.25, 0.3) is 0 Å². The zero-order valence-electron chi connectivity index (χ0n) is 8.35. The van der Waals surface area contributed by atoms with Crippen LogP contribution in [0.2, 0.25) is 0 Å². The fraction of sp³-hybridized carbons (Fsp3) is 1.00. The van der Waals surface area contributed by atoms with Gasteiger partial charge in [0.2, 0.25) is 0 Å². The van der Waals surface area contributed by atoms with Gasteiger partial charge >= 0.3 is 0 Å². The van der Waals surface area contributed by atoms with Crippen molar-refractivity contribution in [2.24, 2.45) is 0 Å². The highest BCUT2D eigenvalue weighted by atomic mass is 15.2. The van der Waals surface area contributed by atoms with Crippen LogP contribution < -0.4 is 0 Å². The summed E-state index contributed by atoms with van der Waals surface area (Å²) in [6.07, 6.45) is 5.49. The zero-order valence-corrected chi connectivity index (χ0v) is 8.35. The molecule has 0 radical (unpaired) electrons. The lowest BCUT2D eigenvalue weighted by Gasteiger charge is -2.48. The predicted octanol–water partition coefficient (Wildman–Crippen LogP) is 2.66. The molecule has 0 aromatic carbocycles. The first-order valence-corrected chi connectivity index (χ1v) is 4.83. The van der Waals surface area contributed by atoms with E-state index in [1.807, 2.05) is 0 Å². The average molecular weight is 155 g/mol. The Morgan fingerprint density at radius 3 is 2.27 bits per heavy atom. The topological polar surface area (TPSA) is 3.24 Å². The largest absolute Gasteiger partial charge is 0.298 e. The number of nitrogens with zero attached hydrogens (tertiary/aromatic N) is 1. The molecule has 0 aromatic rings. The monoisotopic (exact) mass is 155 g/mol. The van der Waals surface area contributed by atoms with Crippen molar-refractivity contribution in [2.45, 2.75) is 58.0 Å². The van der Waals surface area contributed by atoms with E-state index in [1.165, 1.54) is 25.7 Å². The molecule has 0 N–H and O–H groups in total. The molecule has 66 valence electrons. The highest BCUT2D eigenvalue weighted by molar-refractivity contribution is 4.93. The molecule has 0 bridgehead atoms. The van der Waals surface area contributed by atoms with Gasteiger partial charge in [0, 0.05) is 11.6 Å². The Bertz CT molecular complexity index is 127. The number of hydrogen-bond donors (Lipinski definition) is 0. The molecule has 1 heteroatoms. The fourth-order valence-corrected chi connectivity index (χ4v) is 1.85. The third kappa shape index (κ3) is 1.58. The van der Waals surface area contributed by atoms with Crippen molar-refractivity contribution in [3.63, 3.8) is 0 Å². The van der Waals surface area contributed by atoms with Gasteiger partial charge in [0.15, 0.2) is 0 Å². The molecule has 0 spiro atoms. The smallest absolute Gasteiger partial charge is 0.0181 e. The summed E-state index contributed by atoms with van der Waals surface area (Å²) < 4.78 is 0. The minimum absolute atomic E-state index is 0.537. The Kier molecular flexibility index (Phi) is 2.58. The molecular formula is C10H21N. The van der Waals surface area contributed by atoms with Crippen LogP contribution in [0, 0.1) is 0 Å². The Hall–Kier alpha value is -0.0400. The molecule has 1 unspecified atom stereocenters. The molecule has 1 aliphatic rings. The lowest BCUT2D eigenvalue weighted by Crippen LogP contribution is -2.52. The van der Waals surface area contributed by atoms with Gasteiger partial charge in [-0.3, -0.25) is 4.90 Å². The normalized spacial score (nSPS) is 24.8. The quantitative estimate of drug-likeness (QED) is 0.605. The van der Waals surface area contributed by atoms with E-state index in [9.17, 15) is 0 Å². The molecule has 0 aromatic heterocycles. The van der Waals surface area contributed by atoms with Gasteiger partial charge in [0.05, 0.1) is 0 Å². The second-order valence-corrected chi connectivity index (χ2v) is 4.22. The Balaban J connectivity index is 2.45. The zero-order chi connectivity index (χ0) is 8.48. The third-order valence-electron chi connectivity index (χ3n) is 3.53. The molecule has 0 heterocycles. The molecule has 0 aliphatic heterocycles. The summed E-state index contributed by atoms with van der Waals surface area (Å²) in [6.45, 7) is 6.98. The third-order valence-corrected chi connectivity index (χ3v) is 3.53. The maximum Gasteiger partial charge on any atom is 0.0181 e. The van der Waals surface area contributed by atoms with Crippen LogP contribution in [0.25, 0.3) is 0 Å². The lowest BCUT2D eigenvalue weighted by atomic mass is 9.76. The van der Waals surface area contributed by atoms with Crippen LogP contribution in [0.3, 0.4) is 0 Å². The van der Waals surface area contributed by atoms with E-state index in [0.29, 0.717) is 5.54 Å². The summed E-state index contributed by atoms with van der Waals surface area (Å²) in [5, 5.41) is 0. The Morgan fingerprint density at radius 1 is 1.45 bits per heavy atom. The van der Waals surface area contributed by atoms with Gasteiger partial charge in [-0.2, -0.15) is 0 Å². The first-order chi connectivity index (χ1) is 5.10. The number of hydrogen-bond acceptors (Lipinski definition) is 1. The van der Waals surface area contributed by atoms with Crippen molar-refractivity contribution in [1.82, 2.24) is 4.90 Å². The van der Waals surface area contributed by atoms with Crippen LogP contribution in [-0.4, -0.2) is 23.5 Å². The molecular weight excluding hydrogens is 134 g/mol. The molecule has 1 rings (SSSR count). The van der Waals surface area contributed by atoms with Crippen LogP contribution in [0.4, 0.5) is 0 Å². The van der Waals surface area contributed by atoms with Crippen molar-refractivity contribution < 1.29 is 0 Å². The fourth-order valence-electron chi connectivity index (χ4n) is 1.85. The number of rotatable bonds is 3. The Morgan fingerprint density at radius 2 is 2.00 bits per heavy atom. The van der Waals surface area contributed by atoms with Crippen molar-refractivity contribution >= 4 is 0 Å². The standard InChI is InChI=1S/C10H21N/c1-5-9(2)11(4)10(3)7-6-8-10/h9H,5-8H2,1-4H3. The molecule has 1 saturated carbocycles. The van der Waals surface area contributed by atoms with Crippen molar-refractivity contribution in [1.29, 1.82) is 0 Å². The molecule has 11 heavy (non-hydrogen) atoms. The second-order valence-electron chi connectivity index (χ2n) is 4.22. The van der Waals surface area contributed by atoms with Crippen molar-refractivity contribution in [3.8, 4) is 0 Å². The Labute approximate surface area is 70.8 Å². The van der Waals surface area contributed by atoms with Crippen molar-refractivity contribution in [2.75, 3.05) is 7.05 Å². The summed E-state index contributed by atoms with van der Waals surface area (Å²) >= 11 is 0. The molecule has 0 saturated heterocycles. The first kappa shape index (κ1) is 9.05. The maximum atomic E-state index is 2.55. The van der Waals surface area contributed by atoms with E-state index in [0.717, 1.165) is 6.04 Å². The molecule has 1 fully saturated rings. The summed E-state index contributed by atoms with van der Waals surface area (Å²) in [4.78, 5) is 2.55. The van der Waals surface area contributed by atoms with Gasteiger partial charge in [-0.25, -0.2) is 0 Å². The van der Waals surface area contributed by atoms with E-state index in [1.54, 1.807) is 0 Å². The van der Waals surface area contributed by atoms with E-state index in [-0.39, 0.29) is 0 Å². The lowest BCUT2D eigenvalue weighted by molar-refractivity contribution is 0.0245. The minimum Gasteiger partial charge on any atom is -0.298 e. The van der Waals surface area contributed by atoms with E-state index in [4.69, 9.17) is 0 Å². The van der Waals surface area contributed by atoms with Gasteiger partial charge in [-0.15, -0.1) is 0 Å². The van der Waals surface area contributed by atoms with Crippen LogP contribution in [0.15, 0.2) is 0 Å². The summed E-state index contributed by atoms with van der Waals surface area (Å²) in [5.74, 6) is 0. The summed E-state index contributed by atoms with van der Waals surface area (Å²) in [5.41, 5.74) is 0.537. The average Bonchev–Trinajstić information content (AvgIpc) is 1.97. The van der Waals surface area contributed by atoms with Gasteiger partial charge in [-0.05, 0) is 46.6 Å². The van der Waals surface area contributed by atoms with Crippen LogP contribution in [-0.2, 0) is 0 Å². The maximum absolute atomic E-state index is 2.55. The molecule has 0 amide bonds. The summed E-state index contributed by atoms with van der Waals surface area (Å²) in [7, 11) is 2.27. The van der Waals surface area contributed by atoms with E-state index < -0.39 is 0 Å². The molecule has 1 atom stereocenters. The highest BCUT2D eigenvalue weighted by Gasteiger charge is 2.37. The van der Waals surface area contributed by atoms with E-state index >= 15 is 0 Å². The van der Waals surface area contributed by atoms with Gasteiger partial charge in [0.1, 0.15) is 0 Å². The first-order valence-electron chi connectivity index (χ1n) is 4.83. The molecule has 1 nitrogen and oxygen atoms in total. The molecule has 1 aliphatic carbocycles. The predicted molar refractivity (Wildman–Crippen MR) is 49.8 cm³/mol. The SMILES string of the molecule is CCC(C)N(C)C1(C)CCC1. The second kappa shape index (κ2) is 3.14. The van der Waals surface area contributed by atoms with Gasteiger partial charge < -0.3 is 0 Å². The van der Waals surface area contributed by atoms with Crippen LogP contribution in [0.5, 0.6) is 0 Å². The van der Waals surface area contributed by atoms with Crippen LogP contribution in [0.1, 0.15) is 46.5 Å².